The van der Waals surface area contributed by atoms with Crippen molar-refractivity contribution >= 4 is 35.6 Å². The summed E-state index contributed by atoms with van der Waals surface area (Å²) in [5.74, 6) is -6.56. The van der Waals surface area contributed by atoms with E-state index in [1.54, 1.807) is 0 Å². The predicted molar refractivity (Wildman–Crippen MR) is 111 cm³/mol. The van der Waals surface area contributed by atoms with Gasteiger partial charge >= 0.3 is 11.9 Å². The van der Waals surface area contributed by atoms with Gasteiger partial charge < -0.3 is 47.7 Å². The number of nitrogens with two attached hydrogens (primary N) is 2. The number of aliphatic hydroxyl groups excluding tert-OH is 1. The molecule has 0 radical (unpaired) electrons. The zero-order chi connectivity index (χ0) is 25.8. The molecule has 16 heteroatoms. The number of nitrogens with zero attached hydrogens (tertiary/aromatic N) is 1. The van der Waals surface area contributed by atoms with E-state index in [4.69, 9.17) is 16.6 Å². The van der Waals surface area contributed by atoms with E-state index in [2.05, 4.69) is 25.9 Å². The van der Waals surface area contributed by atoms with Gasteiger partial charge in [0.2, 0.25) is 23.6 Å². The normalized spacial score (nSPS) is 14.2. The fourth-order valence-electron chi connectivity index (χ4n) is 2.67. The number of primary amides is 1. The number of aliphatic carboxylic acids is 2. The highest BCUT2D eigenvalue weighted by molar-refractivity contribution is 5.95. The molecule has 0 fully saturated rings. The number of carboxylic acid groups (broad SMARTS) is 2. The van der Waals surface area contributed by atoms with Crippen LogP contribution in [0.4, 0.5) is 0 Å². The molecule has 0 aliphatic heterocycles. The Hall–Kier alpha value is -4.05. The second-order valence-electron chi connectivity index (χ2n) is 7.19. The van der Waals surface area contributed by atoms with E-state index in [9.17, 15) is 39.0 Å². The number of carboxylic acids is 2. The Morgan fingerprint density at radius 2 is 1.56 bits per heavy atom. The van der Waals surface area contributed by atoms with Gasteiger partial charge in [-0.25, -0.2) is 9.78 Å². The molecule has 0 aliphatic carbocycles. The number of imidazole rings is 1. The molecule has 188 valence electrons. The van der Waals surface area contributed by atoms with E-state index >= 15 is 0 Å². The molecule has 0 aromatic carbocycles. The molecule has 0 spiro atoms. The molecule has 1 rings (SSSR count). The first-order valence-corrected chi connectivity index (χ1v) is 9.92. The van der Waals surface area contributed by atoms with Gasteiger partial charge in [-0.1, -0.05) is 0 Å². The SMILES string of the molecule is NC(=O)CCC(NC(=O)C(CO)NC(=O)C(Cc1cnc[nH]1)NC(=O)C(N)CC(=O)O)C(=O)O. The van der Waals surface area contributed by atoms with Crippen molar-refractivity contribution in [2.45, 2.75) is 49.9 Å². The Bertz CT molecular complexity index is 890. The van der Waals surface area contributed by atoms with Crippen molar-refractivity contribution in [1.29, 1.82) is 0 Å². The van der Waals surface area contributed by atoms with Crippen LogP contribution in [-0.4, -0.2) is 91.6 Å². The zero-order valence-corrected chi connectivity index (χ0v) is 17.9. The number of rotatable bonds is 15. The highest BCUT2D eigenvalue weighted by Gasteiger charge is 2.30. The fraction of sp³-hybridized carbons (Fsp3) is 0.500. The van der Waals surface area contributed by atoms with E-state index in [0.29, 0.717) is 5.69 Å². The Kier molecular flexibility index (Phi) is 11.1. The summed E-state index contributed by atoms with van der Waals surface area (Å²) in [4.78, 5) is 76.9. The number of hydrogen-bond donors (Lipinski definition) is 9. The monoisotopic (exact) mass is 485 g/mol. The number of H-pyrrole nitrogens is 1. The third-order valence-corrected chi connectivity index (χ3v) is 4.45. The third kappa shape index (κ3) is 9.61. The molecule has 4 atom stereocenters. The van der Waals surface area contributed by atoms with Crippen LogP contribution >= 0.6 is 0 Å². The molecular formula is C18H27N7O9. The summed E-state index contributed by atoms with van der Waals surface area (Å²) >= 11 is 0. The maximum atomic E-state index is 12.8. The summed E-state index contributed by atoms with van der Waals surface area (Å²) in [7, 11) is 0. The lowest BCUT2D eigenvalue weighted by Gasteiger charge is -2.24. The summed E-state index contributed by atoms with van der Waals surface area (Å²) in [5.41, 5.74) is 10.9. The molecule has 0 saturated carbocycles. The van der Waals surface area contributed by atoms with E-state index in [1.807, 2.05) is 0 Å². The van der Waals surface area contributed by atoms with Crippen molar-refractivity contribution < 1.29 is 44.1 Å². The van der Waals surface area contributed by atoms with Crippen LogP contribution in [0.2, 0.25) is 0 Å². The Balaban J connectivity index is 2.92. The summed E-state index contributed by atoms with van der Waals surface area (Å²) in [6, 6.07) is -5.95. The second kappa shape index (κ2) is 13.5. The molecule has 0 aliphatic rings. The van der Waals surface area contributed by atoms with Crippen LogP contribution in [0, 0.1) is 0 Å². The number of carbonyl (C=O) groups excluding carboxylic acids is 4. The lowest BCUT2D eigenvalue weighted by Crippen LogP contribution is -2.58. The molecule has 4 amide bonds. The van der Waals surface area contributed by atoms with Crippen LogP contribution in [0.25, 0.3) is 0 Å². The van der Waals surface area contributed by atoms with Crippen LogP contribution in [0.1, 0.15) is 25.0 Å². The molecule has 34 heavy (non-hydrogen) atoms. The quantitative estimate of drug-likeness (QED) is 0.114. The summed E-state index contributed by atoms with van der Waals surface area (Å²) in [6.45, 7) is -0.928. The summed E-state index contributed by atoms with van der Waals surface area (Å²) < 4.78 is 0. The van der Waals surface area contributed by atoms with Crippen LogP contribution in [0.3, 0.4) is 0 Å². The molecule has 4 unspecified atom stereocenters. The molecule has 11 N–H and O–H groups in total. The van der Waals surface area contributed by atoms with Gasteiger partial charge in [0, 0.05) is 24.7 Å². The molecule has 0 saturated heterocycles. The number of carbonyl (C=O) groups is 6. The maximum absolute atomic E-state index is 12.8. The van der Waals surface area contributed by atoms with Crippen LogP contribution in [0.15, 0.2) is 12.5 Å². The van der Waals surface area contributed by atoms with Crippen molar-refractivity contribution in [3.05, 3.63) is 18.2 Å². The molecule has 1 heterocycles. The minimum atomic E-state index is -1.61. The highest BCUT2D eigenvalue weighted by Crippen LogP contribution is 2.03. The van der Waals surface area contributed by atoms with Crippen molar-refractivity contribution in [1.82, 2.24) is 25.9 Å². The molecular weight excluding hydrogens is 458 g/mol. The van der Waals surface area contributed by atoms with Gasteiger partial charge in [-0.2, -0.15) is 0 Å². The highest BCUT2D eigenvalue weighted by atomic mass is 16.4. The van der Waals surface area contributed by atoms with Crippen molar-refractivity contribution in [2.75, 3.05) is 6.61 Å². The lowest BCUT2D eigenvalue weighted by atomic mass is 10.1. The van der Waals surface area contributed by atoms with Gasteiger partial charge in [-0.3, -0.25) is 24.0 Å². The number of aromatic nitrogens is 2. The standard InChI is InChI=1S/C18H27N7O9/c19-9(4-14(28)29)15(30)24-11(3-8-5-21-7-22-8)16(31)25-12(6-26)17(32)23-10(18(33)34)1-2-13(20)27/h5,7,9-12,26H,1-4,6,19H2,(H2,20,27)(H,21,22)(H,23,32)(H,24,30)(H,25,31)(H,28,29)(H,33,34). The first-order valence-electron chi connectivity index (χ1n) is 9.92. The first-order chi connectivity index (χ1) is 15.9. The van der Waals surface area contributed by atoms with E-state index < -0.39 is 72.8 Å². The maximum Gasteiger partial charge on any atom is 0.326 e. The summed E-state index contributed by atoms with van der Waals surface area (Å²) in [5, 5.41) is 34.0. The minimum absolute atomic E-state index is 0.159. The van der Waals surface area contributed by atoms with E-state index in [1.165, 1.54) is 12.5 Å². The van der Waals surface area contributed by atoms with Gasteiger partial charge in [-0.05, 0) is 6.42 Å². The Labute approximate surface area is 192 Å². The van der Waals surface area contributed by atoms with Crippen LogP contribution in [-0.2, 0) is 35.2 Å². The van der Waals surface area contributed by atoms with Gasteiger partial charge in [-0.15, -0.1) is 0 Å². The van der Waals surface area contributed by atoms with Crippen molar-refractivity contribution in [2.24, 2.45) is 11.5 Å². The second-order valence-corrected chi connectivity index (χ2v) is 7.19. The molecule has 1 aromatic rings. The minimum Gasteiger partial charge on any atom is -0.481 e. The topological polar surface area (TPSA) is 280 Å². The number of aromatic amines is 1. The Morgan fingerprint density at radius 1 is 0.971 bits per heavy atom. The first kappa shape index (κ1) is 28.0. The van der Waals surface area contributed by atoms with Crippen LogP contribution in [0.5, 0.6) is 0 Å². The molecule has 0 bridgehead atoms. The van der Waals surface area contributed by atoms with Gasteiger partial charge in [0.05, 0.1) is 25.4 Å². The summed E-state index contributed by atoms with van der Waals surface area (Å²) in [6.07, 6.45) is 1.16. The predicted octanol–water partition coefficient (Wildman–Crippen LogP) is -4.45. The zero-order valence-electron chi connectivity index (χ0n) is 17.9. The average Bonchev–Trinajstić information content (AvgIpc) is 3.26. The molecule has 1 aromatic heterocycles. The van der Waals surface area contributed by atoms with Crippen molar-refractivity contribution in [3.63, 3.8) is 0 Å². The lowest BCUT2D eigenvalue weighted by molar-refractivity contribution is -0.143. The Morgan fingerprint density at radius 3 is 2.06 bits per heavy atom. The van der Waals surface area contributed by atoms with Gasteiger partial charge in [0.1, 0.15) is 18.1 Å². The van der Waals surface area contributed by atoms with Crippen molar-refractivity contribution in [3.8, 4) is 0 Å². The number of hydrogen-bond acceptors (Lipinski definition) is 9. The van der Waals surface area contributed by atoms with Gasteiger partial charge in [0.25, 0.3) is 0 Å². The fourth-order valence-corrected chi connectivity index (χ4v) is 2.67. The number of amides is 4. The number of nitrogens with one attached hydrogen (secondary N) is 4. The average molecular weight is 485 g/mol. The van der Waals surface area contributed by atoms with Crippen LogP contribution < -0.4 is 27.4 Å². The smallest absolute Gasteiger partial charge is 0.326 e. The van der Waals surface area contributed by atoms with E-state index in [-0.39, 0.29) is 19.3 Å². The number of aliphatic hydroxyl groups is 1. The van der Waals surface area contributed by atoms with E-state index in [0.717, 1.165) is 0 Å². The third-order valence-electron chi connectivity index (χ3n) is 4.45. The largest absolute Gasteiger partial charge is 0.481 e. The molecule has 16 nitrogen and oxygen atoms in total. The van der Waals surface area contributed by atoms with Gasteiger partial charge in [0.15, 0.2) is 0 Å².